The van der Waals surface area contributed by atoms with E-state index in [1.54, 1.807) is 0 Å². The number of rotatable bonds is 3. The van der Waals surface area contributed by atoms with Gasteiger partial charge in [0.15, 0.2) is 0 Å². The van der Waals surface area contributed by atoms with E-state index in [2.05, 4.69) is 17.4 Å². The standard InChI is InChI=1S/C13H19INO4/c1-5-4-8-6(2)9(5)12(17)19-13(8)18-11(16)7(3)10-14-15-10/h5-10,13,15H,4H2,1-3H3/q-1. The van der Waals surface area contributed by atoms with Crippen LogP contribution in [0.3, 0.4) is 0 Å². The van der Waals surface area contributed by atoms with Crippen LogP contribution in [-0.2, 0) is 19.1 Å². The van der Waals surface area contributed by atoms with Crippen LogP contribution in [0.4, 0.5) is 0 Å². The van der Waals surface area contributed by atoms with Crippen molar-refractivity contribution < 1.29 is 40.5 Å². The van der Waals surface area contributed by atoms with E-state index < -0.39 is 6.29 Å². The van der Waals surface area contributed by atoms with Crippen molar-refractivity contribution in [3.8, 4) is 0 Å². The van der Waals surface area contributed by atoms with Gasteiger partial charge in [0.1, 0.15) is 0 Å². The fourth-order valence-electron chi connectivity index (χ4n) is 3.34. The van der Waals surface area contributed by atoms with E-state index in [1.807, 2.05) is 6.92 Å². The summed E-state index contributed by atoms with van der Waals surface area (Å²) in [6.07, 6.45) is 0.231. The minimum absolute atomic E-state index is 0.0152. The number of halogens is 1. The number of esters is 2. The van der Waals surface area contributed by atoms with E-state index >= 15 is 0 Å². The molecule has 0 radical (unpaired) electrons. The first-order chi connectivity index (χ1) is 8.99. The molecule has 1 N–H and O–H groups in total. The Labute approximate surface area is 123 Å². The van der Waals surface area contributed by atoms with Crippen LogP contribution in [-0.4, -0.2) is 22.3 Å². The maximum atomic E-state index is 12.0. The molecule has 19 heavy (non-hydrogen) atoms. The number of alkyl halides is 1. The summed E-state index contributed by atoms with van der Waals surface area (Å²) in [6, 6.07) is 0. The molecule has 2 heterocycles. The quantitative estimate of drug-likeness (QED) is 0.152. The van der Waals surface area contributed by atoms with Gasteiger partial charge >= 0.3 is 123 Å². The molecular formula is C13H19INO4-. The van der Waals surface area contributed by atoms with Crippen molar-refractivity contribution in [3.05, 3.63) is 0 Å². The number of cyclic esters (lactones) is 1. The summed E-state index contributed by atoms with van der Waals surface area (Å²) in [7, 11) is 0. The Morgan fingerprint density at radius 3 is 2.84 bits per heavy atom. The van der Waals surface area contributed by atoms with Gasteiger partial charge in [-0.1, -0.05) is 0 Å². The van der Waals surface area contributed by atoms with Crippen LogP contribution >= 0.6 is 0 Å². The minimum atomic E-state index is -0.671. The molecule has 2 aliphatic heterocycles. The van der Waals surface area contributed by atoms with Crippen LogP contribution in [0.25, 0.3) is 0 Å². The zero-order valence-corrected chi connectivity index (χ0v) is 13.4. The van der Waals surface area contributed by atoms with Gasteiger partial charge in [0.25, 0.3) is 0 Å². The summed E-state index contributed by atoms with van der Waals surface area (Å²) in [5.74, 6) is 0.150. The van der Waals surface area contributed by atoms with Crippen LogP contribution in [0, 0.1) is 29.6 Å². The Bertz CT molecular complexity index is 411. The Morgan fingerprint density at radius 2 is 2.21 bits per heavy atom. The molecule has 0 aromatic rings. The number of ether oxygens (including phenoxy) is 2. The Morgan fingerprint density at radius 1 is 1.53 bits per heavy atom. The molecule has 5 nitrogen and oxygen atoms in total. The number of hydrogen-bond acceptors (Lipinski definition) is 5. The van der Waals surface area contributed by atoms with E-state index in [0.717, 1.165) is 6.42 Å². The molecule has 108 valence electrons. The molecule has 0 amide bonds. The third kappa shape index (κ3) is 2.37. The van der Waals surface area contributed by atoms with Crippen molar-refractivity contribution in [3.63, 3.8) is 0 Å². The monoisotopic (exact) mass is 380 g/mol. The first-order valence-electron chi connectivity index (χ1n) is 6.78. The summed E-state index contributed by atoms with van der Waals surface area (Å²) >= 11 is -0.0152. The van der Waals surface area contributed by atoms with Gasteiger partial charge in [0.05, 0.1) is 0 Å². The van der Waals surface area contributed by atoms with Crippen LogP contribution in [0.5, 0.6) is 0 Å². The van der Waals surface area contributed by atoms with E-state index in [4.69, 9.17) is 9.47 Å². The average molecular weight is 380 g/mol. The maximum absolute atomic E-state index is 12.0. The van der Waals surface area contributed by atoms with Gasteiger partial charge in [-0.05, 0) is 0 Å². The molecule has 1 aliphatic carbocycles. The molecule has 6 heteroatoms. The first kappa shape index (κ1) is 13.6. The molecular weight excluding hydrogens is 361 g/mol. The topological polar surface area (TPSA) is 74.5 Å². The van der Waals surface area contributed by atoms with E-state index in [1.165, 1.54) is 0 Å². The molecule has 0 aromatic carbocycles. The molecule has 2 bridgehead atoms. The summed E-state index contributed by atoms with van der Waals surface area (Å²) in [5, 5.41) is 0. The van der Waals surface area contributed by atoms with Crippen molar-refractivity contribution in [2.75, 3.05) is 0 Å². The molecule has 3 aliphatic rings. The fourth-order valence-corrected chi connectivity index (χ4v) is 4.92. The van der Waals surface area contributed by atoms with Crippen LogP contribution in [0.15, 0.2) is 0 Å². The molecule has 3 fully saturated rings. The predicted octanol–water partition coefficient (Wildman–Crippen LogP) is -2.11. The number of hydrogen-bond donors (Lipinski definition) is 1. The molecule has 2 saturated heterocycles. The van der Waals surface area contributed by atoms with E-state index in [-0.39, 0.29) is 57.1 Å². The van der Waals surface area contributed by atoms with Gasteiger partial charge in [-0.25, -0.2) is 0 Å². The van der Waals surface area contributed by atoms with Gasteiger partial charge in [0.2, 0.25) is 0 Å². The van der Waals surface area contributed by atoms with Crippen LogP contribution in [0.1, 0.15) is 27.2 Å². The number of carbonyl (C=O) groups excluding carboxylic acids is 2. The van der Waals surface area contributed by atoms with Crippen molar-refractivity contribution in [1.82, 2.24) is 3.53 Å². The predicted molar refractivity (Wildman–Crippen MR) is 62.0 cm³/mol. The second-order valence-corrected chi connectivity index (χ2v) is 8.50. The van der Waals surface area contributed by atoms with Crippen molar-refractivity contribution >= 4 is 11.9 Å². The van der Waals surface area contributed by atoms with E-state index in [0.29, 0.717) is 9.97 Å². The molecule has 1 saturated carbocycles. The summed E-state index contributed by atoms with van der Waals surface area (Å²) in [4.78, 5) is 24.0. The molecule has 0 aromatic heterocycles. The Balaban J connectivity index is 1.68. The number of nitrogens with one attached hydrogen (secondary N) is 1. The second kappa shape index (κ2) is 4.87. The second-order valence-electron chi connectivity index (χ2n) is 5.91. The van der Waals surface area contributed by atoms with Gasteiger partial charge in [-0.15, -0.1) is 0 Å². The van der Waals surface area contributed by atoms with Crippen molar-refractivity contribution in [1.29, 1.82) is 0 Å². The molecule has 0 spiro atoms. The third-order valence-corrected chi connectivity index (χ3v) is 7.05. The zero-order valence-electron chi connectivity index (χ0n) is 11.3. The summed E-state index contributed by atoms with van der Waals surface area (Å²) in [6.45, 7) is 6.02. The first-order valence-corrected chi connectivity index (χ1v) is 9.10. The fraction of sp³-hybridized carbons (Fsp3) is 0.846. The summed E-state index contributed by atoms with van der Waals surface area (Å²) in [5.41, 5.74) is 0. The normalized spacial score (nSPS) is 45.9. The zero-order chi connectivity index (χ0) is 13.7. The third-order valence-electron chi connectivity index (χ3n) is 4.63. The number of fused-ring (bicyclic) bond motifs is 2. The molecule has 7 unspecified atom stereocenters. The van der Waals surface area contributed by atoms with Gasteiger partial charge in [0, 0.05) is 0 Å². The Hall–Kier alpha value is -0.370. The van der Waals surface area contributed by atoms with Crippen molar-refractivity contribution in [2.24, 2.45) is 29.6 Å². The molecule has 7 atom stereocenters. The van der Waals surface area contributed by atoms with Gasteiger partial charge in [-0.2, -0.15) is 0 Å². The Kier molecular flexibility index (Phi) is 3.49. The average Bonchev–Trinajstić information content (AvgIpc) is 3.13. The van der Waals surface area contributed by atoms with E-state index in [9.17, 15) is 9.59 Å². The van der Waals surface area contributed by atoms with Crippen LogP contribution in [0.2, 0.25) is 0 Å². The van der Waals surface area contributed by atoms with Crippen molar-refractivity contribution in [2.45, 2.75) is 37.5 Å². The molecule has 3 rings (SSSR count). The van der Waals surface area contributed by atoms with Gasteiger partial charge in [-0.3, -0.25) is 0 Å². The SMILES string of the molecule is CC1CC2C(OC(=O)C(C)C3N[I-]3)OC(=O)C1C2C. The van der Waals surface area contributed by atoms with Crippen LogP contribution < -0.4 is 25.0 Å². The summed E-state index contributed by atoms with van der Waals surface area (Å²) < 4.78 is 14.4. The number of carbonyl (C=O) groups is 2. The van der Waals surface area contributed by atoms with Gasteiger partial charge < -0.3 is 0 Å².